The summed E-state index contributed by atoms with van der Waals surface area (Å²) in [6.45, 7) is 0.0748. The molecule has 2 rings (SSSR count). The van der Waals surface area contributed by atoms with Gasteiger partial charge in [0.05, 0.1) is 16.7 Å². The van der Waals surface area contributed by atoms with E-state index in [1.807, 2.05) is 0 Å². The third-order valence-electron chi connectivity index (χ3n) is 2.58. The van der Waals surface area contributed by atoms with E-state index in [0.717, 1.165) is 0 Å². The molecule has 0 saturated heterocycles. The highest BCUT2D eigenvalue weighted by atomic mass is 16.5. The molecule has 1 aliphatic heterocycles. The minimum absolute atomic E-state index is 0.0120. The summed E-state index contributed by atoms with van der Waals surface area (Å²) in [5.41, 5.74) is 0.138. The second-order valence-corrected chi connectivity index (χ2v) is 3.77. The summed E-state index contributed by atoms with van der Waals surface area (Å²) < 4.78 is 4.86. The molecule has 1 aliphatic rings. The first-order valence-electron chi connectivity index (χ1n) is 5.38. The van der Waals surface area contributed by atoms with Gasteiger partial charge in [-0.05, 0) is 18.2 Å². The van der Waals surface area contributed by atoms with Crippen LogP contribution in [0, 0.1) is 12.3 Å². The lowest BCUT2D eigenvalue weighted by molar-refractivity contribution is -0.0327. The number of ether oxygens (including phenoxy) is 1. The Morgan fingerprint density at radius 3 is 2.68 bits per heavy atom. The Hall–Kier alpha value is -2.65. The van der Waals surface area contributed by atoms with Crippen molar-refractivity contribution >= 4 is 17.8 Å². The van der Waals surface area contributed by atoms with E-state index < -0.39 is 17.8 Å². The maximum atomic E-state index is 11.6. The van der Waals surface area contributed by atoms with E-state index in [2.05, 4.69) is 5.92 Å². The lowest BCUT2D eigenvalue weighted by Crippen LogP contribution is -2.25. The fraction of sp³-hybridized carbons (Fsp3) is 0.154. The molecule has 0 aliphatic carbocycles. The number of hydroxylamine groups is 2. The van der Waals surface area contributed by atoms with Crippen LogP contribution in [0.3, 0.4) is 0 Å². The molecule has 1 aromatic rings. The van der Waals surface area contributed by atoms with Gasteiger partial charge in [-0.15, -0.1) is 17.4 Å². The number of esters is 1. The van der Waals surface area contributed by atoms with Crippen LogP contribution in [0.1, 0.15) is 37.5 Å². The molecule has 0 bridgehead atoms. The normalized spacial score (nSPS) is 13.2. The van der Waals surface area contributed by atoms with Crippen molar-refractivity contribution in [3.05, 3.63) is 34.9 Å². The van der Waals surface area contributed by atoms with Gasteiger partial charge in [-0.25, -0.2) is 4.79 Å². The van der Waals surface area contributed by atoms with Crippen LogP contribution < -0.4 is 0 Å². The second-order valence-electron chi connectivity index (χ2n) is 3.77. The third-order valence-corrected chi connectivity index (χ3v) is 2.58. The first-order valence-corrected chi connectivity index (χ1v) is 5.38. The number of imide groups is 1. The number of carbonyl (C=O) groups excluding carboxylic acids is 3. The zero-order chi connectivity index (χ0) is 14.0. The smallest absolute Gasteiger partial charge is 0.338 e. The van der Waals surface area contributed by atoms with Crippen LogP contribution in [-0.4, -0.2) is 34.7 Å². The van der Waals surface area contributed by atoms with Crippen molar-refractivity contribution in [1.82, 2.24) is 5.06 Å². The minimum atomic E-state index is -0.863. The van der Waals surface area contributed by atoms with E-state index in [1.54, 1.807) is 0 Å². The fourth-order valence-corrected chi connectivity index (χ4v) is 1.64. The van der Waals surface area contributed by atoms with Crippen molar-refractivity contribution in [1.29, 1.82) is 0 Å². The molecule has 0 atom stereocenters. The fourth-order valence-electron chi connectivity index (χ4n) is 1.64. The standard InChI is InChI=1S/C13H9NO5/c1-2-3-6-19-13(17)8-4-5-9-10(7-8)12(16)14(18)11(9)15/h1,4-5,7,18H,3,6H2. The summed E-state index contributed by atoms with van der Waals surface area (Å²) in [5, 5.41) is 9.20. The van der Waals surface area contributed by atoms with Crippen LogP contribution in [0.25, 0.3) is 0 Å². The molecule has 0 aromatic heterocycles. The molecule has 19 heavy (non-hydrogen) atoms. The van der Waals surface area contributed by atoms with Gasteiger partial charge >= 0.3 is 5.97 Å². The molecule has 6 nitrogen and oxygen atoms in total. The number of hydrogen-bond acceptors (Lipinski definition) is 5. The Morgan fingerprint density at radius 1 is 1.32 bits per heavy atom. The van der Waals surface area contributed by atoms with Crippen molar-refractivity contribution in [2.45, 2.75) is 6.42 Å². The van der Waals surface area contributed by atoms with Crippen LogP contribution >= 0.6 is 0 Å². The molecule has 1 N–H and O–H groups in total. The number of carbonyl (C=O) groups is 3. The van der Waals surface area contributed by atoms with Crippen molar-refractivity contribution < 1.29 is 24.3 Å². The van der Waals surface area contributed by atoms with E-state index in [9.17, 15) is 19.6 Å². The molecule has 96 valence electrons. The highest BCUT2D eigenvalue weighted by Gasteiger charge is 2.35. The average molecular weight is 259 g/mol. The summed E-state index contributed by atoms with van der Waals surface area (Å²) in [6.07, 6.45) is 5.31. The molecule has 0 fully saturated rings. The van der Waals surface area contributed by atoms with E-state index >= 15 is 0 Å². The predicted molar refractivity (Wildman–Crippen MR) is 62.5 cm³/mol. The Bertz CT molecular complexity index is 614. The highest BCUT2D eigenvalue weighted by Crippen LogP contribution is 2.22. The van der Waals surface area contributed by atoms with Gasteiger partial charge in [0.15, 0.2) is 0 Å². The topological polar surface area (TPSA) is 83.9 Å². The lowest BCUT2D eigenvalue weighted by atomic mass is 10.1. The summed E-state index contributed by atoms with van der Waals surface area (Å²) in [5.74, 6) is -0.000120. The van der Waals surface area contributed by atoms with Crippen molar-refractivity contribution in [3.63, 3.8) is 0 Å². The SMILES string of the molecule is C#CCCOC(=O)c1ccc2c(c1)C(=O)N(O)C2=O. The zero-order valence-corrected chi connectivity index (χ0v) is 9.75. The van der Waals surface area contributed by atoms with Crippen LogP contribution in [0.2, 0.25) is 0 Å². The monoisotopic (exact) mass is 259 g/mol. The van der Waals surface area contributed by atoms with Gasteiger partial charge in [-0.3, -0.25) is 14.8 Å². The number of nitrogens with zero attached hydrogens (tertiary/aromatic N) is 1. The average Bonchev–Trinajstić information content (AvgIpc) is 2.64. The van der Waals surface area contributed by atoms with Crippen LogP contribution in [0.4, 0.5) is 0 Å². The van der Waals surface area contributed by atoms with Gasteiger partial charge in [0.25, 0.3) is 11.8 Å². The molecular formula is C13H9NO5. The summed E-state index contributed by atoms with van der Waals surface area (Å²) in [7, 11) is 0. The molecule has 0 spiro atoms. The maximum Gasteiger partial charge on any atom is 0.338 e. The quantitative estimate of drug-likeness (QED) is 0.286. The molecule has 2 amide bonds. The lowest BCUT2D eigenvalue weighted by Gasteiger charge is -2.03. The van der Waals surface area contributed by atoms with Gasteiger partial charge in [-0.1, -0.05) is 0 Å². The minimum Gasteiger partial charge on any atom is -0.461 e. The van der Waals surface area contributed by atoms with E-state index in [4.69, 9.17) is 11.2 Å². The Kier molecular flexibility index (Phi) is 3.31. The highest BCUT2D eigenvalue weighted by molar-refractivity contribution is 6.20. The summed E-state index contributed by atoms with van der Waals surface area (Å²) in [6, 6.07) is 3.86. The van der Waals surface area contributed by atoms with Gasteiger partial charge in [0.1, 0.15) is 6.61 Å². The second kappa shape index (κ2) is 4.92. The molecular weight excluding hydrogens is 250 g/mol. The van der Waals surface area contributed by atoms with Crippen LogP contribution in [0.15, 0.2) is 18.2 Å². The zero-order valence-electron chi connectivity index (χ0n) is 9.75. The van der Waals surface area contributed by atoms with Crippen LogP contribution in [-0.2, 0) is 4.74 Å². The Labute approximate surface area is 108 Å². The molecule has 0 saturated carbocycles. The van der Waals surface area contributed by atoms with Gasteiger partial charge in [0.2, 0.25) is 0 Å². The first kappa shape index (κ1) is 12.8. The van der Waals surface area contributed by atoms with E-state index in [0.29, 0.717) is 6.42 Å². The molecule has 1 aromatic carbocycles. The third kappa shape index (κ3) is 2.19. The van der Waals surface area contributed by atoms with Crippen LogP contribution in [0.5, 0.6) is 0 Å². The predicted octanol–water partition coefficient (Wildman–Crippen LogP) is 0.852. The molecule has 1 heterocycles. The largest absolute Gasteiger partial charge is 0.461 e. The van der Waals surface area contributed by atoms with E-state index in [-0.39, 0.29) is 28.4 Å². The van der Waals surface area contributed by atoms with Crippen molar-refractivity contribution in [2.24, 2.45) is 0 Å². The first-order chi connectivity index (χ1) is 9.06. The Balaban J connectivity index is 2.24. The maximum absolute atomic E-state index is 11.6. The number of terminal acetylenes is 1. The van der Waals surface area contributed by atoms with Crippen molar-refractivity contribution in [3.8, 4) is 12.3 Å². The Morgan fingerprint density at radius 2 is 2.00 bits per heavy atom. The molecule has 6 heteroatoms. The van der Waals surface area contributed by atoms with Gasteiger partial charge in [-0.2, -0.15) is 0 Å². The summed E-state index contributed by atoms with van der Waals surface area (Å²) >= 11 is 0. The summed E-state index contributed by atoms with van der Waals surface area (Å²) in [4.78, 5) is 34.6. The number of hydrogen-bond donors (Lipinski definition) is 1. The number of amides is 2. The van der Waals surface area contributed by atoms with Crippen molar-refractivity contribution in [2.75, 3.05) is 6.61 Å². The number of rotatable bonds is 3. The number of benzene rings is 1. The molecule has 0 radical (unpaired) electrons. The van der Waals surface area contributed by atoms with E-state index in [1.165, 1.54) is 18.2 Å². The molecule has 0 unspecified atom stereocenters. The van der Waals surface area contributed by atoms with Gasteiger partial charge in [0, 0.05) is 6.42 Å². The van der Waals surface area contributed by atoms with Gasteiger partial charge < -0.3 is 4.74 Å². The number of fused-ring (bicyclic) bond motifs is 1.